The van der Waals surface area contributed by atoms with E-state index in [0.29, 0.717) is 10.2 Å². The predicted molar refractivity (Wildman–Crippen MR) is 68.5 cm³/mol. The number of halogens is 1. The summed E-state index contributed by atoms with van der Waals surface area (Å²) in [6.45, 7) is 1.75. The minimum absolute atomic E-state index is 0.0908. The molecule has 0 aromatic heterocycles. The smallest absolute Gasteiger partial charge is 0.285 e. The molecular formula is C11H7BrN4O2. The fourth-order valence-electron chi connectivity index (χ4n) is 1.20. The molecule has 0 aliphatic carbocycles. The van der Waals surface area contributed by atoms with E-state index in [4.69, 9.17) is 10.5 Å². The summed E-state index contributed by atoms with van der Waals surface area (Å²) in [5, 5.41) is 30.6. The van der Waals surface area contributed by atoms with Gasteiger partial charge in [-0.15, -0.1) is 0 Å². The maximum absolute atomic E-state index is 10.8. The molecular weight excluding hydrogens is 300 g/mol. The molecule has 0 aliphatic rings. The number of nitrogens with one attached hydrogen (secondary N) is 1. The van der Waals surface area contributed by atoms with Crippen LogP contribution in [0.2, 0.25) is 0 Å². The first-order chi connectivity index (χ1) is 8.49. The van der Waals surface area contributed by atoms with Gasteiger partial charge in [0.2, 0.25) is 0 Å². The van der Waals surface area contributed by atoms with Crippen LogP contribution in [0.25, 0.3) is 0 Å². The van der Waals surface area contributed by atoms with Crippen LogP contribution in [0.4, 0.5) is 11.4 Å². The number of benzene rings is 1. The fraction of sp³-hybridized carbons (Fsp3) is 0.0909. The van der Waals surface area contributed by atoms with E-state index < -0.39 is 4.92 Å². The van der Waals surface area contributed by atoms with Gasteiger partial charge < -0.3 is 5.32 Å². The highest BCUT2D eigenvalue weighted by molar-refractivity contribution is 9.10. The predicted octanol–water partition coefficient (Wildman–Crippen LogP) is 3.01. The van der Waals surface area contributed by atoms with E-state index in [-0.39, 0.29) is 11.3 Å². The van der Waals surface area contributed by atoms with Crippen molar-refractivity contribution in [1.29, 1.82) is 10.5 Å². The molecule has 1 N–H and O–H groups in total. The highest BCUT2D eigenvalue weighted by Crippen LogP contribution is 2.30. The molecule has 0 amide bonds. The van der Waals surface area contributed by atoms with Gasteiger partial charge in [0.15, 0.2) is 0 Å². The van der Waals surface area contributed by atoms with Crippen molar-refractivity contribution in [3.8, 4) is 12.1 Å². The molecule has 7 heteroatoms. The molecule has 1 rings (SSSR count). The highest BCUT2D eigenvalue weighted by Gasteiger charge is 2.14. The van der Waals surface area contributed by atoms with Gasteiger partial charge in [-0.3, -0.25) is 10.1 Å². The number of nitro groups is 1. The second-order valence-electron chi connectivity index (χ2n) is 3.30. The second-order valence-corrected chi connectivity index (χ2v) is 4.16. The first kappa shape index (κ1) is 13.7. The molecule has 0 radical (unpaired) electrons. The summed E-state index contributed by atoms with van der Waals surface area (Å²) in [7, 11) is 0. The minimum Gasteiger partial charge on any atom is -0.359 e. The van der Waals surface area contributed by atoms with Crippen molar-refractivity contribution in [3.63, 3.8) is 0 Å². The summed E-state index contributed by atoms with van der Waals surface area (Å²) >= 11 is 3.10. The van der Waals surface area contributed by atoms with Gasteiger partial charge in [-0.05, 0) is 34.5 Å². The Bertz CT molecular complexity index is 595. The molecule has 0 unspecified atom stereocenters. The standard InChI is InChI=1S/C11H7BrN4O2/c1-7-2-9(12)11(16(17)18)3-10(7)15-6-8(4-13)5-14/h2-3,6,15H,1H3. The van der Waals surface area contributed by atoms with Gasteiger partial charge >= 0.3 is 0 Å². The first-order valence-corrected chi connectivity index (χ1v) is 5.50. The molecule has 0 bridgehead atoms. The molecule has 0 atom stereocenters. The molecule has 0 saturated heterocycles. The van der Waals surface area contributed by atoms with Crippen molar-refractivity contribution in [3.05, 3.63) is 44.1 Å². The molecule has 0 aliphatic heterocycles. The summed E-state index contributed by atoms with van der Waals surface area (Å²) in [6.07, 6.45) is 1.21. The van der Waals surface area contributed by atoms with Crippen molar-refractivity contribution in [1.82, 2.24) is 0 Å². The van der Waals surface area contributed by atoms with Gasteiger partial charge in [-0.2, -0.15) is 10.5 Å². The fourth-order valence-corrected chi connectivity index (χ4v) is 1.80. The average Bonchev–Trinajstić information content (AvgIpc) is 2.32. The topological polar surface area (TPSA) is 103 Å². The van der Waals surface area contributed by atoms with E-state index in [1.165, 1.54) is 12.3 Å². The van der Waals surface area contributed by atoms with Gasteiger partial charge in [0.05, 0.1) is 9.40 Å². The van der Waals surface area contributed by atoms with E-state index in [0.717, 1.165) is 5.56 Å². The number of rotatable bonds is 3. The number of hydrogen-bond acceptors (Lipinski definition) is 5. The van der Waals surface area contributed by atoms with E-state index in [2.05, 4.69) is 21.2 Å². The minimum atomic E-state index is -0.520. The summed E-state index contributed by atoms with van der Waals surface area (Å²) in [6, 6.07) is 6.29. The van der Waals surface area contributed by atoms with E-state index in [9.17, 15) is 10.1 Å². The molecule has 18 heavy (non-hydrogen) atoms. The SMILES string of the molecule is Cc1cc(Br)c([N+](=O)[O-])cc1NC=C(C#N)C#N. The summed E-state index contributed by atoms with van der Waals surface area (Å²) < 4.78 is 0.375. The lowest BCUT2D eigenvalue weighted by Gasteiger charge is -2.06. The van der Waals surface area contributed by atoms with Crippen LogP contribution < -0.4 is 5.32 Å². The number of allylic oxidation sites excluding steroid dienone is 1. The monoisotopic (exact) mass is 306 g/mol. The zero-order chi connectivity index (χ0) is 13.7. The average molecular weight is 307 g/mol. The van der Waals surface area contributed by atoms with Crippen LogP contribution in [0.15, 0.2) is 28.4 Å². The number of anilines is 1. The van der Waals surface area contributed by atoms with Gasteiger partial charge in [0, 0.05) is 18.0 Å². The van der Waals surface area contributed by atoms with Crippen LogP contribution >= 0.6 is 15.9 Å². The zero-order valence-electron chi connectivity index (χ0n) is 9.27. The molecule has 1 aromatic carbocycles. The summed E-state index contributed by atoms with van der Waals surface area (Å²) in [4.78, 5) is 10.2. The third-order valence-corrected chi connectivity index (χ3v) is 2.74. The number of nitro benzene ring substituents is 1. The lowest BCUT2D eigenvalue weighted by Crippen LogP contribution is -1.96. The Morgan fingerprint density at radius 1 is 1.50 bits per heavy atom. The van der Waals surface area contributed by atoms with Crippen LogP contribution in [0.5, 0.6) is 0 Å². The molecule has 0 saturated carbocycles. The van der Waals surface area contributed by atoms with E-state index in [1.54, 1.807) is 25.1 Å². The van der Waals surface area contributed by atoms with E-state index >= 15 is 0 Å². The van der Waals surface area contributed by atoms with Crippen molar-refractivity contribution < 1.29 is 4.92 Å². The molecule has 90 valence electrons. The van der Waals surface area contributed by atoms with Gasteiger partial charge in [0.25, 0.3) is 5.69 Å². The Labute approximate surface area is 111 Å². The van der Waals surface area contributed by atoms with E-state index in [1.807, 2.05) is 0 Å². The van der Waals surface area contributed by atoms with Crippen LogP contribution in [0.1, 0.15) is 5.56 Å². The summed E-state index contributed by atoms with van der Waals surface area (Å²) in [5.41, 5.74) is 1.01. The second kappa shape index (κ2) is 5.80. The third-order valence-electron chi connectivity index (χ3n) is 2.10. The van der Waals surface area contributed by atoms with Gasteiger partial charge in [-0.25, -0.2) is 0 Å². The lowest BCUT2D eigenvalue weighted by atomic mass is 10.2. The Morgan fingerprint density at radius 2 is 2.11 bits per heavy atom. The Balaban J connectivity index is 3.16. The number of hydrogen-bond donors (Lipinski definition) is 1. The third kappa shape index (κ3) is 3.06. The maximum atomic E-state index is 10.8. The van der Waals surface area contributed by atoms with Crippen LogP contribution in [0, 0.1) is 39.7 Å². The summed E-state index contributed by atoms with van der Waals surface area (Å²) in [5.74, 6) is 0. The van der Waals surface area contributed by atoms with Crippen LogP contribution in [0.3, 0.4) is 0 Å². The van der Waals surface area contributed by atoms with Gasteiger partial charge in [0.1, 0.15) is 17.7 Å². The van der Waals surface area contributed by atoms with Gasteiger partial charge in [-0.1, -0.05) is 0 Å². The van der Waals surface area contributed by atoms with Crippen molar-refractivity contribution in [2.75, 3.05) is 5.32 Å². The first-order valence-electron chi connectivity index (χ1n) is 4.71. The lowest BCUT2D eigenvalue weighted by molar-refractivity contribution is -0.385. The molecule has 0 spiro atoms. The van der Waals surface area contributed by atoms with Crippen LogP contribution in [-0.4, -0.2) is 4.92 Å². The number of nitriles is 2. The zero-order valence-corrected chi connectivity index (χ0v) is 10.9. The number of aryl methyl sites for hydroxylation is 1. The molecule has 1 aromatic rings. The Morgan fingerprint density at radius 3 is 2.61 bits per heavy atom. The maximum Gasteiger partial charge on any atom is 0.285 e. The normalized spacial score (nSPS) is 8.89. The molecule has 0 fully saturated rings. The van der Waals surface area contributed by atoms with Crippen LogP contribution in [-0.2, 0) is 0 Å². The van der Waals surface area contributed by atoms with Crippen molar-refractivity contribution >= 4 is 27.3 Å². The molecule has 0 heterocycles. The van der Waals surface area contributed by atoms with Crippen molar-refractivity contribution in [2.45, 2.75) is 6.92 Å². The largest absolute Gasteiger partial charge is 0.359 e. The quantitative estimate of drug-likeness (QED) is 0.525. The Kier molecular flexibility index (Phi) is 4.41. The highest BCUT2D eigenvalue weighted by atomic mass is 79.9. The Hall–Kier alpha value is -2.38. The number of nitrogens with zero attached hydrogens (tertiary/aromatic N) is 3. The van der Waals surface area contributed by atoms with Crippen molar-refractivity contribution in [2.24, 2.45) is 0 Å². The molecule has 6 nitrogen and oxygen atoms in total.